The Bertz CT molecular complexity index is 616. The summed E-state index contributed by atoms with van der Waals surface area (Å²) < 4.78 is 1.09. The fourth-order valence-corrected chi connectivity index (χ4v) is 3.40. The van der Waals surface area contributed by atoms with Gasteiger partial charge >= 0.3 is 0 Å². The molecule has 0 fully saturated rings. The molecule has 0 bridgehead atoms. The molecule has 1 aromatic carbocycles. The van der Waals surface area contributed by atoms with E-state index in [9.17, 15) is 0 Å². The predicted octanol–water partition coefficient (Wildman–Crippen LogP) is 5.08. The first-order valence-corrected chi connectivity index (χ1v) is 8.80. The van der Waals surface area contributed by atoms with E-state index < -0.39 is 0 Å². The van der Waals surface area contributed by atoms with Crippen molar-refractivity contribution in [1.29, 1.82) is 0 Å². The minimum atomic E-state index is 0.864. The minimum absolute atomic E-state index is 0.864. The number of halogens is 1. The number of aromatic nitrogens is 2. The van der Waals surface area contributed by atoms with E-state index in [0.717, 1.165) is 46.1 Å². The van der Waals surface area contributed by atoms with Crippen molar-refractivity contribution in [3.63, 3.8) is 0 Å². The molecule has 1 aromatic heterocycles. The maximum Gasteiger partial charge on any atom is 0.133 e. The van der Waals surface area contributed by atoms with Gasteiger partial charge in [0.05, 0.1) is 0 Å². The van der Waals surface area contributed by atoms with E-state index in [0.29, 0.717) is 0 Å². The first kappa shape index (κ1) is 16.3. The molecule has 0 saturated carbocycles. The number of hydrogen-bond donors (Lipinski definition) is 1. The Morgan fingerprint density at radius 1 is 1.19 bits per heavy atom. The van der Waals surface area contributed by atoms with Gasteiger partial charge in [0.2, 0.25) is 0 Å². The molecule has 0 aliphatic heterocycles. The Morgan fingerprint density at radius 3 is 2.62 bits per heavy atom. The zero-order valence-electron chi connectivity index (χ0n) is 12.6. The maximum atomic E-state index is 4.73. The number of hydrogen-bond acceptors (Lipinski definition) is 4. The first-order valence-electron chi connectivity index (χ1n) is 7.19. The molecule has 0 saturated heterocycles. The smallest absolute Gasteiger partial charge is 0.133 e. The lowest BCUT2D eigenvalue weighted by Gasteiger charge is -2.13. The van der Waals surface area contributed by atoms with E-state index in [4.69, 9.17) is 4.98 Å². The molecule has 1 heterocycles. The van der Waals surface area contributed by atoms with Gasteiger partial charge in [-0.25, -0.2) is 9.97 Å². The van der Waals surface area contributed by atoms with Crippen LogP contribution in [0.2, 0.25) is 0 Å². The van der Waals surface area contributed by atoms with Crippen LogP contribution >= 0.6 is 27.7 Å². The van der Waals surface area contributed by atoms with Gasteiger partial charge in [0, 0.05) is 27.9 Å². The minimum Gasteiger partial charge on any atom is -0.370 e. The van der Waals surface area contributed by atoms with E-state index in [1.54, 1.807) is 11.8 Å². The molecule has 0 aliphatic carbocycles. The van der Waals surface area contributed by atoms with E-state index in [2.05, 4.69) is 59.1 Å². The fourth-order valence-electron chi connectivity index (χ4n) is 1.95. The zero-order valence-corrected chi connectivity index (χ0v) is 15.0. The highest BCUT2D eigenvalue weighted by molar-refractivity contribution is 9.10. The van der Waals surface area contributed by atoms with E-state index >= 15 is 0 Å². The Morgan fingerprint density at radius 2 is 1.95 bits per heavy atom. The summed E-state index contributed by atoms with van der Waals surface area (Å²) in [6.45, 7) is 7.17. The van der Waals surface area contributed by atoms with Crippen LogP contribution in [0.3, 0.4) is 0 Å². The molecule has 0 amide bonds. The van der Waals surface area contributed by atoms with Gasteiger partial charge in [0.25, 0.3) is 0 Å². The molecular weight excluding hydrogens is 346 g/mol. The third-order valence-corrected chi connectivity index (χ3v) is 5.13. The van der Waals surface area contributed by atoms with Crippen molar-refractivity contribution < 1.29 is 0 Å². The van der Waals surface area contributed by atoms with Crippen molar-refractivity contribution in [2.45, 2.75) is 43.5 Å². The van der Waals surface area contributed by atoms with Gasteiger partial charge in [-0.3, -0.25) is 0 Å². The Labute approximate surface area is 139 Å². The van der Waals surface area contributed by atoms with Gasteiger partial charge in [-0.05, 0) is 48.3 Å². The fraction of sp³-hybridized carbons (Fsp3) is 0.375. The largest absolute Gasteiger partial charge is 0.370 e. The van der Waals surface area contributed by atoms with Crippen molar-refractivity contribution in [2.75, 3.05) is 11.9 Å². The first-order chi connectivity index (χ1) is 10.2. The van der Waals surface area contributed by atoms with Crippen LogP contribution in [-0.4, -0.2) is 16.5 Å². The van der Waals surface area contributed by atoms with Crippen LogP contribution in [0.5, 0.6) is 0 Å². The Hall–Kier alpha value is -1.07. The van der Waals surface area contributed by atoms with Crippen LogP contribution in [0, 0.1) is 6.92 Å². The Kier molecular flexibility index (Phi) is 6.06. The number of benzene rings is 1. The van der Waals surface area contributed by atoms with Crippen LogP contribution in [0.1, 0.15) is 31.7 Å². The van der Waals surface area contributed by atoms with Crippen molar-refractivity contribution in [2.24, 2.45) is 0 Å². The van der Waals surface area contributed by atoms with E-state index in [-0.39, 0.29) is 0 Å². The molecule has 0 radical (unpaired) electrons. The molecule has 2 aromatic rings. The van der Waals surface area contributed by atoms with Crippen molar-refractivity contribution in [1.82, 2.24) is 9.97 Å². The molecule has 21 heavy (non-hydrogen) atoms. The second-order valence-electron chi connectivity index (χ2n) is 4.73. The molecule has 112 valence electrons. The molecule has 1 N–H and O–H groups in total. The number of nitrogens with zero attached hydrogens (tertiary/aromatic N) is 2. The molecule has 0 unspecified atom stereocenters. The highest BCUT2D eigenvalue weighted by atomic mass is 79.9. The normalized spacial score (nSPS) is 10.7. The summed E-state index contributed by atoms with van der Waals surface area (Å²) in [5.74, 6) is 1.86. The van der Waals surface area contributed by atoms with Crippen molar-refractivity contribution in [3.05, 3.63) is 40.1 Å². The van der Waals surface area contributed by atoms with Crippen molar-refractivity contribution in [3.8, 4) is 0 Å². The van der Waals surface area contributed by atoms with Gasteiger partial charge in [-0.2, -0.15) is 0 Å². The van der Waals surface area contributed by atoms with Gasteiger partial charge in [0.15, 0.2) is 0 Å². The van der Waals surface area contributed by atoms with Gasteiger partial charge in [-0.1, -0.05) is 30.8 Å². The molecule has 0 aliphatic rings. The average Bonchev–Trinajstić information content (AvgIpc) is 2.46. The lowest BCUT2D eigenvalue weighted by Crippen LogP contribution is -2.07. The quantitative estimate of drug-likeness (QED) is 0.724. The average molecular weight is 366 g/mol. The maximum absolute atomic E-state index is 4.73. The van der Waals surface area contributed by atoms with Crippen LogP contribution < -0.4 is 5.32 Å². The predicted molar refractivity (Wildman–Crippen MR) is 93.2 cm³/mol. The van der Waals surface area contributed by atoms with Crippen molar-refractivity contribution >= 4 is 33.5 Å². The second-order valence-corrected chi connectivity index (χ2v) is 6.62. The molecule has 5 heteroatoms. The van der Waals surface area contributed by atoms with E-state index in [1.165, 1.54) is 4.90 Å². The van der Waals surface area contributed by atoms with Crippen LogP contribution in [0.4, 0.5) is 5.82 Å². The second kappa shape index (κ2) is 7.80. The molecule has 3 nitrogen and oxygen atoms in total. The van der Waals surface area contributed by atoms with Gasteiger partial charge < -0.3 is 5.32 Å². The highest BCUT2D eigenvalue weighted by Gasteiger charge is 2.12. The number of aryl methyl sites for hydroxylation is 1. The summed E-state index contributed by atoms with van der Waals surface area (Å²) in [4.78, 5) is 10.5. The van der Waals surface area contributed by atoms with Crippen LogP contribution in [0.25, 0.3) is 0 Å². The Balaban J connectivity index is 2.39. The van der Waals surface area contributed by atoms with Crippen LogP contribution in [0.15, 0.2) is 38.7 Å². The van der Waals surface area contributed by atoms with Gasteiger partial charge in [0.1, 0.15) is 16.7 Å². The zero-order chi connectivity index (χ0) is 15.2. The number of anilines is 1. The standard InChI is InChI=1S/C16H20BrN3S/c1-4-8-14-19-15(18-5-2)11(3)16(20-14)21-13-10-7-6-9-12(13)17/h6-7,9-10H,4-5,8H2,1-3H3,(H,18,19,20). The third kappa shape index (κ3) is 4.20. The molecular formula is C16H20BrN3S. The third-order valence-electron chi connectivity index (χ3n) is 3.01. The molecule has 0 spiro atoms. The van der Waals surface area contributed by atoms with E-state index in [1.807, 2.05) is 12.1 Å². The summed E-state index contributed by atoms with van der Waals surface area (Å²) >= 11 is 5.28. The molecule has 2 rings (SSSR count). The van der Waals surface area contributed by atoms with Crippen LogP contribution in [-0.2, 0) is 6.42 Å². The lowest BCUT2D eigenvalue weighted by molar-refractivity contribution is 0.802. The van der Waals surface area contributed by atoms with Gasteiger partial charge in [-0.15, -0.1) is 0 Å². The summed E-state index contributed by atoms with van der Waals surface area (Å²) in [6.07, 6.45) is 1.95. The summed E-state index contributed by atoms with van der Waals surface area (Å²) in [5.41, 5.74) is 1.11. The topological polar surface area (TPSA) is 37.8 Å². The lowest BCUT2D eigenvalue weighted by atomic mass is 10.3. The summed E-state index contributed by atoms with van der Waals surface area (Å²) in [7, 11) is 0. The summed E-state index contributed by atoms with van der Waals surface area (Å²) in [6, 6.07) is 8.22. The number of rotatable bonds is 6. The number of nitrogens with one attached hydrogen (secondary N) is 1. The highest BCUT2D eigenvalue weighted by Crippen LogP contribution is 2.35. The molecule has 0 atom stereocenters. The SMILES string of the molecule is CCCc1nc(NCC)c(C)c(Sc2ccccc2Br)n1. The monoisotopic (exact) mass is 365 g/mol. The summed E-state index contributed by atoms with van der Waals surface area (Å²) in [5, 5.41) is 4.36.